The zero-order valence-corrected chi connectivity index (χ0v) is 5.14. The molecule has 0 aromatic heterocycles. The summed E-state index contributed by atoms with van der Waals surface area (Å²) in [7, 11) is 0. The van der Waals surface area contributed by atoms with Crippen molar-refractivity contribution in [2.24, 2.45) is 0 Å². The van der Waals surface area contributed by atoms with Crippen molar-refractivity contribution in [1.82, 2.24) is 0 Å². The van der Waals surface area contributed by atoms with Gasteiger partial charge in [0, 0.05) is 6.61 Å². The highest BCUT2D eigenvalue weighted by Gasteiger charge is 1.72. The topological polar surface area (TPSA) is 20.2 Å². The van der Waals surface area contributed by atoms with Crippen molar-refractivity contribution in [3.05, 3.63) is 19.1 Å². The molecule has 0 spiro atoms. The summed E-state index contributed by atoms with van der Waals surface area (Å²) < 4.78 is 0. The molecule has 8 heavy (non-hydrogen) atoms. The summed E-state index contributed by atoms with van der Waals surface area (Å²) in [6.45, 7) is 3.93. The van der Waals surface area contributed by atoms with Crippen LogP contribution in [0, 0.1) is 6.92 Å². The van der Waals surface area contributed by atoms with E-state index in [-0.39, 0.29) is 6.61 Å². The molecular formula is C7H13O. The van der Waals surface area contributed by atoms with E-state index in [9.17, 15) is 0 Å². The monoisotopic (exact) mass is 113 g/mol. The molecule has 0 atom stereocenters. The van der Waals surface area contributed by atoms with Crippen molar-refractivity contribution in [2.45, 2.75) is 19.3 Å². The Morgan fingerprint density at radius 1 is 1.25 bits per heavy atom. The van der Waals surface area contributed by atoms with Gasteiger partial charge in [-0.15, -0.1) is 0 Å². The molecule has 1 N–H and O–H groups in total. The molecule has 0 aliphatic carbocycles. The van der Waals surface area contributed by atoms with Gasteiger partial charge in [-0.3, -0.25) is 0 Å². The summed E-state index contributed by atoms with van der Waals surface area (Å²) >= 11 is 0. The van der Waals surface area contributed by atoms with Gasteiger partial charge >= 0.3 is 0 Å². The summed E-state index contributed by atoms with van der Waals surface area (Å²) in [4.78, 5) is 0. The lowest BCUT2D eigenvalue weighted by Crippen LogP contribution is -1.74. The Balaban J connectivity index is 2.83. The maximum absolute atomic E-state index is 8.30. The van der Waals surface area contributed by atoms with Crippen LogP contribution in [0.1, 0.15) is 19.3 Å². The minimum Gasteiger partial charge on any atom is -0.396 e. The van der Waals surface area contributed by atoms with Crippen LogP contribution in [-0.2, 0) is 0 Å². The number of hydrogen-bond acceptors (Lipinski definition) is 1. The second-order valence-electron chi connectivity index (χ2n) is 1.63. The minimum absolute atomic E-state index is 0.258. The van der Waals surface area contributed by atoms with Gasteiger partial charge in [0.1, 0.15) is 0 Å². The summed E-state index contributed by atoms with van der Waals surface area (Å²) in [5, 5.41) is 8.30. The SMILES string of the molecule is [CH2]CCC=CCCO. The molecule has 0 heterocycles. The molecular weight excluding hydrogens is 100 g/mol. The van der Waals surface area contributed by atoms with Crippen molar-refractivity contribution >= 4 is 0 Å². The van der Waals surface area contributed by atoms with Gasteiger partial charge in [-0.05, 0) is 19.3 Å². The van der Waals surface area contributed by atoms with Crippen LogP contribution in [0.25, 0.3) is 0 Å². The lowest BCUT2D eigenvalue weighted by Gasteiger charge is -1.83. The molecule has 0 aromatic carbocycles. The van der Waals surface area contributed by atoms with E-state index >= 15 is 0 Å². The third kappa shape index (κ3) is 5.70. The Bertz CT molecular complexity index is 49.4. The van der Waals surface area contributed by atoms with Crippen LogP contribution in [0.2, 0.25) is 0 Å². The van der Waals surface area contributed by atoms with Crippen LogP contribution >= 0.6 is 0 Å². The standard InChI is InChI=1S/C7H13O/c1-2-3-4-5-6-7-8/h4-5,8H,1-3,6-7H2. The van der Waals surface area contributed by atoms with E-state index in [0.29, 0.717) is 0 Å². The van der Waals surface area contributed by atoms with Crippen molar-refractivity contribution < 1.29 is 5.11 Å². The van der Waals surface area contributed by atoms with E-state index in [4.69, 9.17) is 5.11 Å². The normalized spacial score (nSPS) is 10.8. The summed E-state index contributed by atoms with van der Waals surface area (Å²) in [5.41, 5.74) is 0. The van der Waals surface area contributed by atoms with E-state index in [1.54, 1.807) is 0 Å². The number of unbranched alkanes of at least 4 members (excludes halogenated alkanes) is 1. The van der Waals surface area contributed by atoms with Gasteiger partial charge in [0.25, 0.3) is 0 Å². The fourth-order valence-electron chi connectivity index (χ4n) is 0.428. The van der Waals surface area contributed by atoms with Gasteiger partial charge in [0.2, 0.25) is 0 Å². The Morgan fingerprint density at radius 3 is 2.38 bits per heavy atom. The molecule has 0 saturated carbocycles. The minimum atomic E-state index is 0.258. The van der Waals surface area contributed by atoms with E-state index in [0.717, 1.165) is 19.3 Å². The Labute approximate surface area is 51.0 Å². The van der Waals surface area contributed by atoms with Crippen LogP contribution in [0.15, 0.2) is 12.2 Å². The quantitative estimate of drug-likeness (QED) is 0.548. The fraction of sp³-hybridized carbons (Fsp3) is 0.571. The molecule has 0 unspecified atom stereocenters. The highest BCUT2D eigenvalue weighted by Crippen LogP contribution is 1.88. The number of allylic oxidation sites excluding steroid dienone is 1. The second kappa shape index (κ2) is 6.70. The number of hydrogen-bond donors (Lipinski definition) is 1. The maximum Gasteiger partial charge on any atom is 0.0465 e. The molecule has 0 fully saturated rings. The second-order valence-corrected chi connectivity index (χ2v) is 1.63. The van der Waals surface area contributed by atoms with Crippen LogP contribution in [0.3, 0.4) is 0 Å². The van der Waals surface area contributed by atoms with Crippen LogP contribution < -0.4 is 0 Å². The largest absolute Gasteiger partial charge is 0.396 e. The molecule has 0 bridgehead atoms. The van der Waals surface area contributed by atoms with Crippen molar-refractivity contribution in [2.75, 3.05) is 6.61 Å². The number of aliphatic hydroxyl groups excluding tert-OH is 1. The lowest BCUT2D eigenvalue weighted by molar-refractivity contribution is 0.302. The molecule has 0 aromatic rings. The molecule has 0 saturated heterocycles. The van der Waals surface area contributed by atoms with Gasteiger partial charge in [0.05, 0.1) is 0 Å². The average molecular weight is 113 g/mol. The Hall–Kier alpha value is -0.300. The first-order chi connectivity index (χ1) is 3.91. The first-order valence-corrected chi connectivity index (χ1v) is 2.97. The molecule has 0 rings (SSSR count). The third-order valence-corrected chi connectivity index (χ3v) is 0.833. The van der Waals surface area contributed by atoms with Gasteiger partial charge in [-0.25, -0.2) is 0 Å². The highest BCUT2D eigenvalue weighted by atomic mass is 16.2. The average Bonchev–Trinajstić information content (AvgIpc) is 1.81. The zero-order valence-electron chi connectivity index (χ0n) is 5.14. The summed E-state index contributed by atoms with van der Waals surface area (Å²) in [5.74, 6) is 0. The van der Waals surface area contributed by atoms with Crippen molar-refractivity contribution in [3.8, 4) is 0 Å². The van der Waals surface area contributed by atoms with Gasteiger partial charge in [0.15, 0.2) is 0 Å². The predicted molar refractivity (Wildman–Crippen MR) is 35.4 cm³/mol. The Morgan fingerprint density at radius 2 is 1.88 bits per heavy atom. The fourth-order valence-corrected chi connectivity index (χ4v) is 0.428. The predicted octanol–water partition coefficient (Wildman–Crippen LogP) is 1.54. The highest BCUT2D eigenvalue weighted by molar-refractivity contribution is 4.80. The van der Waals surface area contributed by atoms with Gasteiger partial charge in [-0.1, -0.05) is 19.1 Å². The van der Waals surface area contributed by atoms with E-state index < -0.39 is 0 Å². The molecule has 0 amide bonds. The third-order valence-electron chi connectivity index (χ3n) is 0.833. The molecule has 1 radical (unpaired) electrons. The molecule has 0 aliphatic heterocycles. The van der Waals surface area contributed by atoms with E-state index in [1.807, 2.05) is 12.2 Å². The first-order valence-electron chi connectivity index (χ1n) is 2.97. The van der Waals surface area contributed by atoms with Crippen molar-refractivity contribution in [3.63, 3.8) is 0 Å². The summed E-state index contributed by atoms with van der Waals surface area (Å²) in [6, 6.07) is 0. The maximum atomic E-state index is 8.30. The van der Waals surface area contributed by atoms with E-state index in [1.165, 1.54) is 0 Å². The Kier molecular flexibility index (Phi) is 6.45. The molecule has 47 valence electrons. The van der Waals surface area contributed by atoms with Crippen molar-refractivity contribution in [1.29, 1.82) is 0 Å². The smallest absolute Gasteiger partial charge is 0.0465 e. The van der Waals surface area contributed by atoms with Crippen LogP contribution in [-0.4, -0.2) is 11.7 Å². The summed E-state index contributed by atoms with van der Waals surface area (Å²) in [6.07, 6.45) is 6.77. The number of aliphatic hydroxyl groups is 1. The van der Waals surface area contributed by atoms with Crippen LogP contribution in [0.4, 0.5) is 0 Å². The first kappa shape index (κ1) is 7.70. The van der Waals surface area contributed by atoms with Gasteiger partial charge < -0.3 is 5.11 Å². The van der Waals surface area contributed by atoms with Crippen LogP contribution in [0.5, 0.6) is 0 Å². The molecule has 0 aliphatic rings. The lowest BCUT2D eigenvalue weighted by atomic mass is 10.3. The molecule has 1 heteroatoms. The zero-order chi connectivity index (χ0) is 6.24. The molecule has 1 nitrogen and oxygen atoms in total. The number of rotatable bonds is 4. The van der Waals surface area contributed by atoms with Gasteiger partial charge in [-0.2, -0.15) is 0 Å². The van der Waals surface area contributed by atoms with E-state index in [2.05, 4.69) is 6.92 Å².